The molecule has 1 aliphatic rings. The second-order valence-corrected chi connectivity index (χ2v) is 6.53. The number of hydrogen-bond donors (Lipinski definition) is 0. The molecule has 1 fully saturated rings. The fraction of sp³-hybridized carbons (Fsp3) is 0.588. The number of methoxy groups -OCH3 is 2. The molecular formula is C17H25NO3S. The van der Waals surface area contributed by atoms with Crippen LogP contribution in [-0.2, 0) is 9.53 Å². The predicted molar refractivity (Wildman–Crippen MR) is 89.6 cm³/mol. The minimum atomic E-state index is 0.230. The van der Waals surface area contributed by atoms with Crippen LogP contribution in [0.2, 0.25) is 0 Å². The molecule has 122 valence electrons. The third kappa shape index (κ3) is 4.92. The summed E-state index contributed by atoms with van der Waals surface area (Å²) in [6, 6.07) is 8.19. The van der Waals surface area contributed by atoms with Crippen molar-refractivity contribution in [3.05, 3.63) is 24.3 Å². The van der Waals surface area contributed by atoms with Gasteiger partial charge in [-0.1, -0.05) is 6.07 Å². The lowest BCUT2D eigenvalue weighted by atomic mass is 10.00. The zero-order valence-electron chi connectivity index (χ0n) is 13.4. The lowest BCUT2D eigenvalue weighted by Gasteiger charge is -2.35. The smallest absolute Gasteiger partial charge is 0.233 e. The Bertz CT molecular complexity index is 481. The highest BCUT2D eigenvalue weighted by Gasteiger charge is 2.26. The molecule has 1 aromatic carbocycles. The van der Waals surface area contributed by atoms with Crippen molar-refractivity contribution in [3.8, 4) is 5.75 Å². The highest BCUT2D eigenvalue weighted by Crippen LogP contribution is 2.25. The molecule has 1 saturated heterocycles. The van der Waals surface area contributed by atoms with Gasteiger partial charge in [-0.2, -0.15) is 0 Å². The van der Waals surface area contributed by atoms with Crippen molar-refractivity contribution >= 4 is 17.7 Å². The Morgan fingerprint density at radius 2 is 2.23 bits per heavy atom. The Balaban J connectivity index is 1.89. The Hall–Kier alpha value is -1.20. The molecule has 0 spiro atoms. The second-order valence-electron chi connectivity index (χ2n) is 5.49. The van der Waals surface area contributed by atoms with Crippen molar-refractivity contribution in [2.45, 2.75) is 36.6 Å². The molecule has 1 amide bonds. The van der Waals surface area contributed by atoms with Crippen molar-refractivity contribution in [1.29, 1.82) is 0 Å². The molecule has 0 saturated carbocycles. The molecule has 0 aromatic heterocycles. The predicted octanol–water partition coefficient (Wildman–Crippen LogP) is 3.20. The topological polar surface area (TPSA) is 38.8 Å². The minimum Gasteiger partial charge on any atom is -0.497 e. The van der Waals surface area contributed by atoms with E-state index < -0.39 is 0 Å². The Kier molecular flexibility index (Phi) is 7.06. The number of carbonyl (C=O) groups is 1. The van der Waals surface area contributed by atoms with Crippen molar-refractivity contribution in [1.82, 2.24) is 4.90 Å². The maximum Gasteiger partial charge on any atom is 0.233 e. The average molecular weight is 323 g/mol. The molecule has 22 heavy (non-hydrogen) atoms. The maximum atomic E-state index is 12.5. The van der Waals surface area contributed by atoms with Gasteiger partial charge in [0.15, 0.2) is 0 Å². The van der Waals surface area contributed by atoms with E-state index in [-0.39, 0.29) is 5.91 Å². The molecule has 1 atom stereocenters. The highest BCUT2D eigenvalue weighted by molar-refractivity contribution is 8.00. The second kappa shape index (κ2) is 9.06. The zero-order valence-corrected chi connectivity index (χ0v) is 14.2. The molecule has 1 aromatic rings. The summed E-state index contributed by atoms with van der Waals surface area (Å²) < 4.78 is 10.4. The largest absolute Gasteiger partial charge is 0.497 e. The van der Waals surface area contributed by atoms with Gasteiger partial charge in [0.05, 0.1) is 12.9 Å². The van der Waals surface area contributed by atoms with Crippen LogP contribution >= 0.6 is 11.8 Å². The third-order valence-corrected chi connectivity index (χ3v) is 4.98. The first-order valence-electron chi connectivity index (χ1n) is 7.80. The summed E-state index contributed by atoms with van der Waals surface area (Å²) >= 11 is 1.58. The average Bonchev–Trinajstić information content (AvgIpc) is 2.58. The van der Waals surface area contributed by atoms with Crippen molar-refractivity contribution in [2.24, 2.45) is 0 Å². The lowest BCUT2D eigenvalue weighted by Crippen LogP contribution is -2.45. The van der Waals surface area contributed by atoms with E-state index in [1.807, 2.05) is 24.3 Å². The molecule has 0 N–H and O–H groups in total. The molecule has 0 radical (unpaired) electrons. The van der Waals surface area contributed by atoms with Crippen LogP contribution in [0.25, 0.3) is 0 Å². The number of hydrogen-bond acceptors (Lipinski definition) is 4. The van der Waals surface area contributed by atoms with Gasteiger partial charge in [-0.3, -0.25) is 4.79 Å². The molecule has 0 aliphatic carbocycles. The van der Waals surface area contributed by atoms with Crippen molar-refractivity contribution < 1.29 is 14.3 Å². The number of nitrogens with zero attached hydrogens (tertiary/aromatic N) is 1. The van der Waals surface area contributed by atoms with Crippen LogP contribution in [0.1, 0.15) is 25.7 Å². The van der Waals surface area contributed by atoms with Crippen LogP contribution in [0.3, 0.4) is 0 Å². The molecule has 1 unspecified atom stereocenters. The highest BCUT2D eigenvalue weighted by atomic mass is 32.2. The monoisotopic (exact) mass is 323 g/mol. The van der Waals surface area contributed by atoms with Gasteiger partial charge in [0, 0.05) is 31.2 Å². The van der Waals surface area contributed by atoms with Crippen LogP contribution < -0.4 is 4.74 Å². The van der Waals surface area contributed by atoms with E-state index in [0.29, 0.717) is 11.8 Å². The van der Waals surface area contributed by atoms with Gasteiger partial charge in [-0.25, -0.2) is 0 Å². The molecular weight excluding hydrogens is 298 g/mol. The number of likely N-dealkylation sites (tertiary alicyclic amines) is 1. The van der Waals surface area contributed by atoms with E-state index >= 15 is 0 Å². The first-order valence-corrected chi connectivity index (χ1v) is 8.78. The number of rotatable bonds is 7. The fourth-order valence-corrected chi connectivity index (χ4v) is 3.63. The quantitative estimate of drug-likeness (QED) is 0.722. The molecule has 1 aliphatic heterocycles. The van der Waals surface area contributed by atoms with Gasteiger partial charge >= 0.3 is 0 Å². The summed E-state index contributed by atoms with van der Waals surface area (Å²) in [7, 11) is 3.37. The maximum absolute atomic E-state index is 12.5. The van der Waals surface area contributed by atoms with E-state index in [0.717, 1.165) is 43.1 Å². The minimum absolute atomic E-state index is 0.230. The summed E-state index contributed by atoms with van der Waals surface area (Å²) in [5.74, 6) is 1.54. The standard InChI is InChI=1S/C17H25NO3S/c1-20-11-9-14-6-3-4-10-18(14)17(19)13-22-16-8-5-7-15(12-16)21-2/h5,7-8,12,14H,3-4,6,9-11,13H2,1-2H3. The Morgan fingerprint density at radius 3 is 3.00 bits per heavy atom. The molecule has 0 bridgehead atoms. The van der Waals surface area contributed by atoms with Crippen LogP contribution in [0, 0.1) is 0 Å². The summed E-state index contributed by atoms with van der Waals surface area (Å²) in [5, 5.41) is 0. The molecule has 4 nitrogen and oxygen atoms in total. The van der Waals surface area contributed by atoms with Gasteiger partial charge in [0.1, 0.15) is 5.75 Å². The van der Waals surface area contributed by atoms with E-state index in [1.54, 1.807) is 26.0 Å². The molecule has 5 heteroatoms. The van der Waals surface area contributed by atoms with Crippen LogP contribution in [-0.4, -0.2) is 50.0 Å². The molecule has 2 rings (SSSR count). The SMILES string of the molecule is COCCC1CCCCN1C(=O)CSc1cccc(OC)c1. The van der Waals surface area contributed by atoms with E-state index in [1.165, 1.54) is 6.42 Å². The van der Waals surface area contributed by atoms with E-state index in [2.05, 4.69) is 4.90 Å². The van der Waals surface area contributed by atoms with Gasteiger partial charge in [0.2, 0.25) is 5.91 Å². The van der Waals surface area contributed by atoms with Gasteiger partial charge in [-0.15, -0.1) is 11.8 Å². The van der Waals surface area contributed by atoms with Gasteiger partial charge in [-0.05, 0) is 43.9 Å². The summed E-state index contributed by atoms with van der Waals surface area (Å²) in [6.07, 6.45) is 4.35. The van der Waals surface area contributed by atoms with E-state index in [4.69, 9.17) is 9.47 Å². The Labute approximate surface area is 137 Å². The van der Waals surface area contributed by atoms with Gasteiger partial charge < -0.3 is 14.4 Å². The first kappa shape index (κ1) is 17.2. The normalized spacial score (nSPS) is 18.3. The van der Waals surface area contributed by atoms with E-state index in [9.17, 15) is 4.79 Å². The van der Waals surface area contributed by atoms with Crippen molar-refractivity contribution in [3.63, 3.8) is 0 Å². The number of thioether (sulfide) groups is 1. The fourth-order valence-electron chi connectivity index (χ4n) is 2.80. The number of carbonyl (C=O) groups excluding carboxylic acids is 1. The zero-order chi connectivity index (χ0) is 15.8. The number of ether oxygens (including phenoxy) is 2. The first-order chi connectivity index (χ1) is 10.7. The van der Waals surface area contributed by atoms with Crippen LogP contribution in [0.4, 0.5) is 0 Å². The number of benzene rings is 1. The lowest BCUT2D eigenvalue weighted by molar-refractivity contribution is -0.132. The third-order valence-electron chi connectivity index (χ3n) is 4.01. The van der Waals surface area contributed by atoms with Crippen molar-refractivity contribution in [2.75, 3.05) is 33.1 Å². The summed E-state index contributed by atoms with van der Waals surface area (Å²) in [4.78, 5) is 15.7. The number of amides is 1. The summed E-state index contributed by atoms with van der Waals surface area (Å²) in [6.45, 7) is 1.60. The Morgan fingerprint density at radius 1 is 1.36 bits per heavy atom. The summed E-state index contributed by atoms with van der Waals surface area (Å²) in [5.41, 5.74) is 0. The molecule has 1 heterocycles. The number of piperidine rings is 1. The van der Waals surface area contributed by atoms with Crippen LogP contribution in [0.5, 0.6) is 5.75 Å². The van der Waals surface area contributed by atoms with Gasteiger partial charge in [0.25, 0.3) is 0 Å². The van der Waals surface area contributed by atoms with Crippen LogP contribution in [0.15, 0.2) is 29.2 Å².